The van der Waals surface area contributed by atoms with Crippen molar-refractivity contribution in [3.8, 4) is 12.3 Å². The molecule has 0 bridgehead atoms. The maximum Gasteiger partial charge on any atom is 0.227 e. The van der Waals surface area contributed by atoms with Gasteiger partial charge in [0.05, 0.1) is 12.0 Å². The van der Waals surface area contributed by atoms with Gasteiger partial charge in [-0.25, -0.2) is 8.78 Å². The fourth-order valence-corrected chi connectivity index (χ4v) is 3.40. The van der Waals surface area contributed by atoms with E-state index in [0.29, 0.717) is 13.2 Å². The SMILES string of the molecule is C#C[C@@H](NC(=O)[C@H]1CC(=O)N(c2ccc(F)c(F)c2)C1)C1CCOCC1. The Balaban J connectivity index is 1.64. The van der Waals surface area contributed by atoms with Crippen LogP contribution in [0.15, 0.2) is 18.2 Å². The van der Waals surface area contributed by atoms with E-state index in [4.69, 9.17) is 11.2 Å². The lowest BCUT2D eigenvalue weighted by atomic mass is 9.91. The lowest BCUT2D eigenvalue weighted by Gasteiger charge is -2.28. The van der Waals surface area contributed by atoms with Crippen LogP contribution in [0, 0.1) is 35.8 Å². The number of halogens is 2. The third-order valence-electron chi connectivity index (χ3n) is 4.93. The third kappa shape index (κ3) is 3.86. The van der Waals surface area contributed by atoms with Crippen LogP contribution >= 0.6 is 0 Å². The van der Waals surface area contributed by atoms with Gasteiger partial charge in [-0.3, -0.25) is 9.59 Å². The van der Waals surface area contributed by atoms with E-state index in [0.717, 1.165) is 25.0 Å². The first-order chi connectivity index (χ1) is 12.5. The summed E-state index contributed by atoms with van der Waals surface area (Å²) in [6.45, 7) is 1.34. The van der Waals surface area contributed by atoms with E-state index in [9.17, 15) is 18.4 Å². The molecule has 1 N–H and O–H groups in total. The lowest BCUT2D eigenvalue weighted by Crippen LogP contribution is -2.44. The van der Waals surface area contributed by atoms with E-state index in [1.165, 1.54) is 11.0 Å². The van der Waals surface area contributed by atoms with Crippen molar-refractivity contribution in [1.82, 2.24) is 5.32 Å². The Hall–Kier alpha value is -2.46. The summed E-state index contributed by atoms with van der Waals surface area (Å²) >= 11 is 0. The Morgan fingerprint density at radius 3 is 2.69 bits per heavy atom. The summed E-state index contributed by atoms with van der Waals surface area (Å²) in [5, 5.41) is 2.85. The monoisotopic (exact) mass is 362 g/mol. The van der Waals surface area contributed by atoms with Gasteiger partial charge in [0, 0.05) is 37.9 Å². The molecule has 0 spiro atoms. The number of hydrogen-bond donors (Lipinski definition) is 1. The number of terminal acetylenes is 1. The molecule has 5 nitrogen and oxygen atoms in total. The van der Waals surface area contributed by atoms with Crippen LogP contribution in [0.25, 0.3) is 0 Å². The van der Waals surface area contributed by atoms with Crippen LogP contribution in [0.2, 0.25) is 0 Å². The number of rotatable bonds is 4. The molecule has 2 amide bonds. The minimum atomic E-state index is -1.03. The molecule has 2 aliphatic rings. The molecule has 2 aliphatic heterocycles. The first-order valence-corrected chi connectivity index (χ1v) is 8.59. The van der Waals surface area contributed by atoms with Crippen molar-refractivity contribution >= 4 is 17.5 Å². The highest BCUT2D eigenvalue weighted by molar-refractivity contribution is 6.00. The highest BCUT2D eigenvalue weighted by atomic mass is 19.2. The zero-order chi connectivity index (χ0) is 18.7. The van der Waals surface area contributed by atoms with Crippen molar-refractivity contribution in [2.24, 2.45) is 11.8 Å². The van der Waals surface area contributed by atoms with Gasteiger partial charge in [0.1, 0.15) is 0 Å². The van der Waals surface area contributed by atoms with Gasteiger partial charge >= 0.3 is 0 Å². The van der Waals surface area contributed by atoms with Crippen LogP contribution in [0.5, 0.6) is 0 Å². The minimum absolute atomic E-state index is 0.00982. The Morgan fingerprint density at radius 2 is 2.04 bits per heavy atom. The second-order valence-corrected chi connectivity index (χ2v) is 6.61. The minimum Gasteiger partial charge on any atom is -0.381 e. The molecule has 0 unspecified atom stereocenters. The average molecular weight is 362 g/mol. The van der Waals surface area contributed by atoms with Crippen molar-refractivity contribution < 1.29 is 23.1 Å². The average Bonchev–Trinajstić information content (AvgIpc) is 3.04. The summed E-state index contributed by atoms with van der Waals surface area (Å²) in [6, 6.07) is 2.84. The summed E-state index contributed by atoms with van der Waals surface area (Å²) in [6.07, 6.45) is 7.13. The molecule has 2 heterocycles. The summed E-state index contributed by atoms with van der Waals surface area (Å²) in [7, 11) is 0. The maximum absolute atomic E-state index is 13.4. The topological polar surface area (TPSA) is 58.6 Å². The van der Waals surface area contributed by atoms with Crippen molar-refractivity contribution in [3.05, 3.63) is 29.8 Å². The third-order valence-corrected chi connectivity index (χ3v) is 4.93. The Kier molecular flexibility index (Phi) is 5.52. The molecule has 0 aromatic heterocycles. The van der Waals surface area contributed by atoms with Gasteiger partial charge in [-0.2, -0.15) is 0 Å². The summed E-state index contributed by atoms with van der Waals surface area (Å²) < 4.78 is 31.8. The highest BCUT2D eigenvalue weighted by Gasteiger charge is 2.36. The maximum atomic E-state index is 13.4. The number of carbonyl (C=O) groups excluding carboxylic acids is 2. The van der Waals surface area contributed by atoms with Crippen LogP contribution in [0.4, 0.5) is 14.5 Å². The van der Waals surface area contributed by atoms with Gasteiger partial charge in [0.25, 0.3) is 0 Å². The second-order valence-electron chi connectivity index (χ2n) is 6.61. The molecule has 7 heteroatoms. The van der Waals surface area contributed by atoms with E-state index in [1.54, 1.807) is 0 Å². The molecule has 0 radical (unpaired) electrons. The van der Waals surface area contributed by atoms with E-state index in [-0.39, 0.29) is 36.4 Å². The molecular weight excluding hydrogens is 342 g/mol. The molecule has 2 atom stereocenters. The number of benzene rings is 1. The van der Waals surface area contributed by atoms with Gasteiger partial charge in [0.2, 0.25) is 11.8 Å². The molecule has 1 aromatic carbocycles. The zero-order valence-corrected chi connectivity index (χ0v) is 14.2. The smallest absolute Gasteiger partial charge is 0.227 e. The molecule has 26 heavy (non-hydrogen) atoms. The molecular formula is C19H20F2N2O3. The number of ether oxygens (including phenoxy) is 1. The van der Waals surface area contributed by atoms with E-state index in [2.05, 4.69) is 11.2 Å². The van der Waals surface area contributed by atoms with Crippen LogP contribution in [-0.4, -0.2) is 37.6 Å². The number of hydrogen-bond acceptors (Lipinski definition) is 3. The fourth-order valence-electron chi connectivity index (χ4n) is 3.40. The normalized spacial score (nSPS) is 22.1. The standard InChI is InChI=1S/C19H20F2N2O3/c1-2-17(12-5-7-26-8-6-12)22-19(25)13-9-18(24)23(11-13)14-3-4-15(20)16(21)10-14/h1,3-4,10,12-13,17H,5-9,11H2,(H,22,25)/t13-,17+/m0/s1. The number of carbonyl (C=O) groups is 2. The summed E-state index contributed by atoms with van der Waals surface area (Å²) in [4.78, 5) is 26.1. The Morgan fingerprint density at radius 1 is 1.31 bits per heavy atom. The summed E-state index contributed by atoms with van der Waals surface area (Å²) in [5.74, 6) is -0.426. The van der Waals surface area contributed by atoms with Gasteiger partial charge in [-0.15, -0.1) is 6.42 Å². The van der Waals surface area contributed by atoms with Gasteiger partial charge < -0.3 is 15.0 Å². The number of nitrogens with zero attached hydrogens (tertiary/aromatic N) is 1. The predicted octanol–water partition coefficient (Wildman–Crippen LogP) is 1.86. The summed E-state index contributed by atoms with van der Waals surface area (Å²) in [5.41, 5.74) is 0.238. The predicted molar refractivity (Wildman–Crippen MR) is 91.1 cm³/mol. The Labute approximate surface area is 150 Å². The molecule has 0 aliphatic carbocycles. The molecule has 1 aromatic rings. The first kappa shape index (κ1) is 18.3. The second kappa shape index (κ2) is 7.83. The lowest BCUT2D eigenvalue weighted by molar-refractivity contribution is -0.127. The van der Waals surface area contributed by atoms with Gasteiger partial charge in [0.15, 0.2) is 11.6 Å². The van der Waals surface area contributed by atoms with Crippen LogP contribution in [-0.2, 0) is 14.3 Å². The molecule has 2 fully saturated rings. The van der Waals surface area contributed by atoms with Crippen molar-refractivity contribution in [3.63, 3.8) is 0 Å². The number of amides is 2. The number of nitrogens with one attached hydrogen (secondary N) is 1. The zero-order valence-electron chi connectivity index (χ0n) is 14.2. The highest BCUT2D eigenvalue weighted by Crippen LogP contribution is 2.27. The van der Waals surface area contributed by atoms with Crippen LogP contribution in [0.1, 0.15) is 19.3 Å². The quantitative estimate of drug-likeness (QED) is 0.832. The van der Waals surface area contributed by atoms with Gasteiger partial charge in [-0.1, -0.05) is 5.92 Å². The first-order valence-electron chi connectivity index (χ1n) is 8.59. The number of anilines is 1. The van der Waals surface area contributed by atoms with Crippen molar-refractivity contribution in [2.75, 3.05) is 24.7 Å². The van der Waals surface area contributed by atoms with Crippen molar-refractivity contribution in [1.29, 1.82) is 0 Å². The molecule has 138 valence electrons. The largest absolute Gasteiger partial charge is 0.381 e. The van der Waals surface area contributed by atoms with E-state index >= 15 is 0 Å². The van der Waals surface area contributed by atoms with Crippen LogP contribution in [0.3, 0.4) is 0 Å². The fraction of sp³-hybridized carbons (Fsp3) is 0.474. The molecule has 0 saturated carbocycles. The van der Waals surface area contributed by atoms with Crippen LogP contribution < -0.4 is 10.2 Å². The van der Waals surface area contributed by atoms with E-state index < -0.39 is 23.6 Å². The molecule has 3 rings (SSSR count). The Bertz CT molecular complexity index is 741. The van der Waals surface area contributed by atoms with E-state index in [1.807, 2.05) is 0 Å². The van der Waals surface area contributed by atoms with Crippen molar-refractivity contribution in [2.45, 2.75) is 25.3 Å². The molecule has 2 saturated heterocycles. The van der Waals surface area contributed by atoms with Gasteiger partial charge in [-0.05, 0) is 30.9 Å².